The number of carbonyl (C=O) groups excluding carboxylic acids is 1. The van der Waals surface area contributed by atoms with Crippen LogP contribution in [0.1, 0.15) is 28.4 Å². The van der Waals surface area contributed by atoms with Gasteiger partial charge in [-0.25, -0.2) is 0 Å². The molecule has 1 atom stereocenters. The zero-order chi connectivity index (χ0) is 22.8. The second-order valence-electron chi connectivity index (χ2n) is 8.13. The third kappa shape index (κ3) is 3.98. The van der Waals surface area contributed by atoms with E-state index in [1.807, 2.05) is 65.6 Å². The standard InChI is InChI=1S/C28H26N2O3/c1-32-21-12-7-19(8-13-21)9-16-26(31)30-18-17-24-23-5-3-4-6-25(23)29-27(24)28(30)20-10-14-22(33-2)15-11-20/h3-16,28-29H,17-18H2,1-2H3/b16-9+/t28-/m1/s1. The van der Waals surface area contributed by atoms with Crippen LogP contribution in [0.3, 0.4) is 0 Å². The maximum atomic E-state index is 13.4. The number of nitrogens with zero attached hydrogens (tertiary/aromatic N) is 1. The van der Waals surface area contributed by atoms with Gasteiger partial charge in [-0.2, -0.15) is 0 Å². The van der Waals surface area contributed by atoms with E-state index in [4.69, 9.17) is 9.47 Å². The first kappa shape index (κ1) is 20.9. The number of fused-ring (bicyclic) bond motifs is 3. The summed E-state index contributed by atoms with van der Waals surface area (Å²) in [5.41, 5.74) is 5.47. The Balaban J connectivity index is 1.52. The summed E-state index contributed by atoms with van der Waals surface area (Å²) in [5, 5.41) is 1.23. The first-order valence-corrected chi connectivity index (χ1v) is 11.0. The number of aromatic nitrogens is 1. The fourth-order valence-corrected chi connectivity index (χ4v) is 4.59. The fraction of sp³-hybridized carbons (Fsp3) is 0.179. The van der Waals surface area contributed by atoms with Gasteiger partial charge in [0.05, 0.1) is 20.3 Å². The smallest absolute Gasteiger partial charge is 0.247 e. The lowest BCUT2D eigenvalue weighted by molar-refractivity contribution is -0.128. The average molecular weight is 439 g/mol. The van der Waals surface area contributed by atoms with Gasteiger partial charge >= 0.3 is 0 Å². The van der Waals surface area contributed by atoms with Crippen molar-refractivity contribution in [1.29, 1.82) is 0 Å². The van der Waals surface area contributed by atoms with Crippen LogP contribution >= 0.6 is 0 Å². The third-order valence-corrected chi connectivity index (χ3v) is 6.28. The summed E-state index contributed by atoms with van der Waals surface area (Å²) in [6, 6.07) is 23.8. The van der Waals surface area contributed by atoms with Crippen molar-refractivity contribution < 1.29 is 14.3 Å². The zero-order valence-corrected chi connectivity index (χ0v) is 18.7. The maximum absolute atomic E-state index is 13.4. The van der Waals surface area contributed by atoms with Crippen molar-refractivity contribution in [1.82, 2.24) is 9.88 Å². The van der Waals surface area contributed by atoms with Gasteiger partial charge in [-0.15, -0.1) is 0 Å². The molecule has 0 saturated carbocycles. The molecule has 4 aromatic rings. The largest absolute Gasteiger partial charge is 0.497 e. The molecule has 0 fully saturated rings. The molecule has 166 valence electrons. The highest BCUT2D eigenvalue weighted by atomic mass is 16.5. The summed E-state index contributed by atoms with van der Waals surface area (Å²) in [6.07, 6.45) is 4.33. The molecular weight excluding hydrogens is 412 g/mol. The summed E-state index contributed by atoms with van der Waals surface area (Å²) in [7, 11) is 3.30. The van der Waals surface area contributed by atoms with E-state index in [1.165, 1.54) is 10.9 Å². The van der Waals surface area contributed by atoms with Gasteiger partial charge in [0.25, 0.3) is 0 Å². The first-order valence-electron chi connectivity index (χ1n) is 11.0. The van der Waals surface area contributed by atoms with Crippen molar-refractivity contribution >= 4 is 22.9 Å². The third-order valence-electron chi connectivity index (χ3n) is 6.28. The molecule has 5 rings (SSSR count). The Morgan fingerprint density at radius 1 is 0.939 bits per heavy atom. The van der Waals surface area contributed by atoms with Crippen LogP contribution in [0.5, 0.6) is 11.5 Å². The highest BCUT2D eigenvalue weighted by Crippen LogP contribution is 2.39. The van der Waals surface area contributed by atoms with E-state index in [9.17, 15) is 4.79 Å². The Kier molecular flexibility index (Phi) is 5.61. The SMILES string of the molecule is COc1ccc(/C=C/C(=O)N2CCc3c([nH]c4ccccc34)[C@H]2c2ccc(OC)cc2)cc1. The molecule has 3 aromatic carbocycles. The van der Waals surface area contributed by atoms with E-state index in [0.29, 0.717) is 6.54 Å². The van der Waals surface area contributed by atoms with Crippen molar-refractivity contribution in [3.8, 4) is 11.5 Å². The molecule has 33 heavy (non-hydrogen) atoms. The molecule has 5 heteroatoms. The highest BCUT2D eigenvalue weighted by molar-refractivity contribution is 5.93. The van der Waals surface area contributed by atoms with Crippen molar-refractivity contribution in [3.05, 3.63) is 101 Å². The molecule has 2 heterocycles. The van der Waals surface area contributed by atoms with Crippen LogP contribution < -0.4 is 9.47 Å². The summed E-state index contributed by atoms with van der Waals surface area (Å²) < 4.78 is 10.6. The second-order valence-corrected chi connectivity index (χ2v) is 8.13. The molecule has 0 radical (unpaired) electrons. The van der Waals surface area contributed by atoms with E-state index in [1.54, 1.807) is 20.3 Å². The molecule has 1 aliphatic rings. The van der Waals surface area contributed by atoms with Crippen LogP contribution in [0, 0.1) is 0 Å². The van der Waals surface area contributed by atoms with Gasteiger partial charge in [0.1, 0.15) is 11.5 Å². The van der Waals surface area contributed by atoms with Gasteiger partial charge < -0.3 is 19.4 Å². The monoisotopic (exact) mass is 438 g/mol. The number of para-hydroxylation sites is 1. The molecular formula is C28H26N2O3. The molecule has 1 aromatic heterocycles. The highest BCUT2D eigenvalue weighted by Gasteiger charge is 2.33. The molecule has 5 nitrogen and oxygen atoms in total. The lowest BCUT2D eigenvalue weighted by Crippen LogP contribution is -2.39. The predicted molar refractivity (Wildman–Crippen MR) is 131 cm³/mol. The molecule has 0 spiro atoms. The summed E-state index contributed by atoms with van der Waals surface area (Å²) in [5.74, 6) is 1.57. The fourth-order valence-electron chi connectivity index (χ4n) is 4.59. The molecule has 0 saturated heterocycles. The van der Waals surface area contributed by atoms with E-state index in [-0.39, 0.29) is 11.9 Å². The van der Waals surface area contributed by atoms with Crippen molar-refractivity contribution in [2.24, 2.45) is 0 Å². The summed E-state index contributed by atoms with van der Waals surface area (Å²) >= 11 is 0. The number of ether oxygens (including phenoxy) is 2. The summed E-state index contributed by atoms with van der Waals surface area (Å²) in [4.78, 5) is 18.9. The van der Waals surface area contributed by atoms with Crippen molar-refractivity contribution in [3.63, 3.8) is 0 Å². The van der Waals surface area contributed by atoms with Gasteiger partial charge in [-0.3, -0.25) is 4.79 Å². The number of carbonyl (C=O) groups is 1. The number of aromatic amines is 1. The minimum absolute atomic E-state index is 0.0176. The number of nitrogens with one attached hydrogen (secondary N) is 1. The van der Waals surface area contributed by atoms with Crippen LogP contribution in [0.2, 0.25) is 0 Å². The number of H-pyrrole nitrogens is 1. The number of methoxy groups -OCH3 is 2. The van der Waals surface area contributed by atoms with Crippen LogP contribution in [0.4, 0.5) is 0 Å². The molecule has 1 amide bonds. The quantitative estimate of drug-likeness (QED) is 0.426. The van der Waals surface area contributed by atoms with Crippen LogP contribution in [0.15, 0.2) is 78.9 Å². The molecule has 0 bridgehead atoms. The number of amides is 1. The molecule has 1 N–H and O–H groups in total. The zero-order valence-electron chi connectivity index (χ0n) is 18.7. The average Bonchev–Trinajstić information content (AvgIpc) is 3.26. The maximum Gasteiger partial charge on any atom is 0.247 e. The van der Waals surface area contributed by atoms with E-state index >= 15 is 0 Å². The molecule has 1 aliphatic heterocycles. The lowest BCUT2D eigenvalue weighted by Gasteiger charge is -2.35. The van der Waals surface area contributed by atoms with Crippen LogP contribution in [-0.2, 0) is 11.2 Å². The van der Waals surface area contributed by atoms with E-state index < -0.39 is 0 Å². The van der Waals surface area contributed by atoms with Gasteiger partial charge in [0, 0.05) is 29.2 Å². The normalized spacial score (nSPS) is 15.6. The Morgan fingerprint density at radius 3 is 2.30 bits per heavy atom. The number of benzene rings is 3. The van der Waals surface area contributed by atoms with Gasteiger partial charge in [0.15, 0.2) is 0 Å². The molecule has 0 aliphatic carbocycles. The van der Waals surface area contributed by atoms with Gasteiger partial charge in [0.2, 0.25) is 5.91 Å². The Labute approximate surface area is 193 Å². The number of hydrogen-bond donors (Lipinski definition) is 1. The number of rotatable bonds is 5. The lowest BCUT2D eigenvalue weighted by atomic mass is 9.92. The van der Waals surface area contributed by atoms with Crippen LogP contribution in [0.25, 0.3) is 17.0 Å². The Bertz CT molecular complexity index is 1300. The first-order chi connectivity index (χ1) is 16.2. The molecule has 0 unspecified atom stereocenters. The van der Waals surface area contributed by atoms with E-state index in [2.05, 4.69) is 23.2 Å². The second kappa shape index (κ2) is 8.87. The van der Waals surface area contributed by atoms with Gasteiger partial charge in [-0.05, 0) is 59.5 Å². The van der Waals surface area contributed by atoms with Crippen molar-refractivity contribution in [2.45, 2.75) is 12.5 Å². The Hall–Kier alpha value is -3.99. The minimum atomic E-state index is -0.194. The summed E-state index contributed by atoms with van der Waals surface area (Å²) in [6.45, 7) is 0.650. The van der Waals surface area contributed by atoms with Crippen LogP contribution in [-0.4, -0.2) is 36.6 Å². The Morgan fingerprint density at radius 2 is 1.61 bits per heavy atom. The minimum Gasteiger partial charge on any atom is -0.497 e. The predicted octanol–water partition coefficient (Wildman–Crippen LogP) is 5.37. The van der Waals surface area contributed by atoms with Gasteiger partial charge in [-0.1, -0.05) is 42.5 Å². The number of hydrogen-bond acceptors (Lipinski definition) is 3. The van der Waals surface area contributed by atoms with Crippen molar-refractivity contribution in [2.75, 3.05) is 20.8 Å². The topological polar surface area (TPSA) is 54.6 Å². The van der Waals surface area contributed by atoms with E-state index in [0.717, 1.165) is 40.3 Å².